The number of ether oxygens (including phenoxy) is 3. The van der Waals surface area contributed by atoms with Crippen LogP contribution in [0.3, 0.4) is 0 Å². The standard InChI is InChI=1S/C21H22ClN6O3P/c1-5-31-15-11-6-8-12(23-15)20-26-19-21(25-18(27-32-4)17(22)24-19)28(20)16-13(29-2)9-7-10-14(16)30-3/h6-11,32H,5H2,1-4H3,(H,25,27). The molecule has 32 heavy (non-hydrogen) atoms. The molecule has 4 rings (SSSR count). The molecule has 1 aromatic carbocycles. The van der Waals surface area contributed by atoms with Crippen LogP contribution in [-0.4, -0.2) is 52.0 Å². The number of halogens is 1. The van der Waals surface area contributed by atoms with Gasteiger partial charge in [-0.3, -0.25) is 4.57 Å². The van der Waals surface area contributed by atoms with Gasteiger partial charge < -0.3 is 19.3 Å². The summed E-state index contributed by atoms with van der Waals surface area (Å²) < 4.78 is 18.7. The molecule has 0 spiro atoms. The molecule has 0 aliphatic carbocycles. The van der Waals surface area contributed by atoms with Crippen LogP contribution in [0.1, 0.15) is 6.92 Å². The second-order valence-corrected chi connectivity index (χ2v) is 7.57. The quantitative estimate of drug-likeness (QED) is 0.372. The van der Waals surface area contributed by atoms with Crippen molar-refractivity contribution in [3.63, 3.8) is 0 Å². The molecule has 0 aliphatic heterocycles. The predicted molar refractivity (Wildman–Crippen MR) is 127 cm³/mol. The van der Waals surface area contributed by atoms with Crippen molar-refractivity contribution in [3.8, 4) is 34.6 Å². The maximum atomic E-state index is 6.35. The molecule has 0 saturated carbocycles. The lowest BCUT2D eigenvalue weighted by molar-refractivity contribution is 0.327. The molecule has 4 aromatic rings. The Bertz CT molecular complexity index is 1240. The number of rotatable bonds is 8. The average Bonchev–Trinajstić information content (AvgIpc) is 3.17. The van der Waals surface area contributed by atoms with Crippen LogP contribution in [0.2, 0.25) is 5.15 Å². The smallest absolute Gasteiger partial charge is 0.213 e. The van der Waals surface area contributed by atoms with Gasteiger partial charge >= 0.3 is 0 Å². The van der Waals surface area contributed by atoms with Crippen LogP contribution in [-0.2, 0) is 0 Å². The molecule has 3 aromatic heterocycles. The van der Waals surface area contributed by atoms with Gasteiger partial charge in [0.1, 0.15) is 22.9 Å². The molecule has 3 heterocycles. The number of fused-ring (bicyclic) bond motifs is 1. The SMILES string of the molecule is CCOc1cccc(-c2nc3nc(Cl)c(NPC)nc3n2-c2c(OC)cccc2OC)n1. The minimum Gasteiger partial charge on any atom is -0.494 e. The molecule has 1 N–H and O–H groups in total. The monoisotopic (exact) mass is 472 g/mol. The summed E-state index contributed by atoms with van der Waals surface area (Å²) in [4.78, 5) is 18.5. The number of aromatic nitrogens is 5. The Morgan fingerprint density at radius 3 is 2.38 bits per heavy atom. The highest BCUT2D eigenvalue weighted by molar-refractivity contribution is 7.38. The largest absolute Gasteiger partial charge is 0.494 e. The summed E-state index contributed by atoms with van der Waals surface area (Å²) in [7, 11) is 3.59. The van der Waals surface area contributed by atoms with Gasteiger partial charge in [-0.2, -0.15) is 0 Å². The highest BCUT2D eigenvalue weighted by Gasteiger charge is 2.24. The topological polar surface area (TPSA) is 96.2 Å². The number of anilines is 1. The number of para-hydroxylation sites is 1. The van der Waals surface area contributed by atoms with Crippen molar-refractivity contribution < 1.29 is 14.2 Å². The first kappa shape index (κ1) is 22.0. The van der Waals surface area contributed by atoms with Crippen molar-refractivity contribution in [2.45, 2.75) is 6.92 Å². The van der Waals surface area contributed by atoms with Gasteiger partial charge in [0.05, 0.1) is 20.8 Å². The molecule has 0 fully saturated rings. The van der Waals surface area contributed by atoms with Crippen LogP contribution in [0, 0.1) is 0 Å². The van der Waals surface area contributed by atoms with Gasteiger partial charge in [0.2, 0.25) is 5.88 Å². The van der Waals surface area contributed by atoms with E-state index < -0.39 is 0 Å². The van der Waals surface area contributed by atoms with E-state index in [9.17, 15) is 0 Å². The van der Waals surface area contributed by atoms with Crippen molar-refractivity contribution in [2.24, 2.45) is 0 Å². The van der Waals surface area contributed by atoms with Gasteiger partial charge in [0.25, 0.3) is 0 Å². The zero-order chi connectivity index (χ0) is 22.7. The Balaban J connectivity index is 2.09. The molecule has 0 bridgehead atoms. The summed E-state index contributed by atoms with van der Waals surface area (Å²) in [5, 5.41) is 3.40. The maximum Gasteiger partial charge on any atom is 0.213 e. The fourth-order valence-corrected chi connectivity index (χ4v) is 3.93. The number of pyridine rings is 1. The third-order valence-electron chi connectivity index (χ3n) is 4.57. The molecule has 9 nitrogen and oxygen atoms in total. The van der Waals surface area contributed by atoms with Gasteiger partial charge in [-0.15, -0.1) is 0 Å². The Hall–Kier alpha value is -3.16. The number of benzene rings is 1. The molecule has 1 atom stereocenters. The van der Waals surface area contributed by atoms with E-state index in [0.717, 1.165) is 0 Å². The van der Waals surface area contributed by atoms with Crippen molar-refractivity contribution in [2.75, 3.05) is 32.6 Å². The molecule has 0 amide bonds. The Morgan fingerprint density at radius 2 is 1.72 bits per heavy atom. The third-order valence-corrected chi connectivity index (χ3v) is 5.32. The number of hydrogen-bond acceptors (Lipinski definition) is 8. The zero-order valence-corrected chi connectivity index (χ0v) is 19.8. The predicted octanol–water partition coefficient (Wildman–Crippen LogP) is 4.58. The lowest BCUT2D eigenvalue weighted by Gasteiger charge is -2.16. The fraction of sp³-hybridized carbons (Fsp3) is 0.238. The van der Waals surface area contributed by atoms with E-state index in [2.05, 4.69) is 15.1 Å². The Morgan fingerprint density at radius 1 is 1.00 bits per heavy atom. The highest BCUT2D eigenvalue weighted by atomic mass is 35.5. The second-order valence-electron chi connectivity index (χ2n) is 6.46. The number of imidazole rings is 1. The summed E-state index contributed by atoms with van der Waals surface area (Å²) in [6, 6.07) is 11.0. The van der Waals surface area contributed by atoms with Crippen molar-refractivity contribution in [3.05, 3.63) is 41.6 Å². The van der Waals surface area contributed by atoms with E-state index in [1.54, 1.807) is 20.3 Å². The number of nitrogens with zero attached hydrogens (tertiary/aromatic N) is 5. The van der Waals surface area contributed by atoms with E-state index in [-0.39, 0.29) is 5.15 Å². The second kappa shape index (κ2) is 9.54. The minimum absolute atomic E-state index is 0.242. The van der Waals surface area contributed by atoms with Gasteiger partial charge in [0.15, 0.2) is 28.1 Å². The molecule has 166 valence electrons. The molecular weight excluding hydrogens is 451 g/mol. The number of nitrogens with one attached hydrogen (secondary N) is 1. The van der Waals surface area contributed by atoms with E-state index in [1.807, 2.05) is 48.5 Å². The summed E-state index contributed by atoms with van der Waals surface area (Å²) in [6.07, 6.45) is 0. The molecule has 0 aliphatic rings. The van der Waals surface area contributed by atoms with E-state index in [4.69, 9.17) is 35.8 Å². The average molecular weight is 473 g/mol. The lowest BCUT2D eigenvalue weighted by atomic mass is 10.2. The summed E-state index contributed by atoms with van der Waals surface area (Å²) in [5.41, 5.74) is 2.05. The Kier molecular flexibility index (Phi) is 6.58. The number of methoxy groups -OCH3 is 2. The van der Waals surface area contributed by atoms with E-state index >= 15 is 0 Å². The van der Waals surface area contributed by atoms with Crippen LogP contribution < -0.4 is 19.3 Å². The van der Waals surface area contributed by atoms with Gasteiger partial charge in [-0.25, -0.2) is 19.9 Å². The van der Waals surface area contributed by atoms with Crippen LogP contribution in [0.4, 0.5) is 5.82 Å². The first-order chi connectivity index (χ1) is 15.6. The Labute approximate surface area is 192 Å². The van der Waals surface area contributed by atoms with Crippen LogP contribution in [0.5, 0.6) is 17.4 Å². The summed E-state index contributed by atoms with van der Waals surface area (Å²) in [6.45, 7) is 4.39. The fourth-order valence-electron chi connectivity index (χ4n) is 3.27. The third kappa shape index (κ3) is 4.01. The van der Waals surface area contributed by atoms with E-state index in [0.29, 0.717) is 67.0 Å². The van der Waals surface area contributed by atoms with Crippen LogP contribution in [0.25, 0.3) is 28.5 Å². The first-order valence-corrected chi connectivity index (χ1v) is 11.7. The van der Waals surface area contributed by atoms with Crippen LogP contribution >= 0.6 is 20.3 Å². The first-order valence-electron chi connectivity index (χ1n) is 9.81. The molecule has 0 radical (unpaired) electrons. The summed E-state index contributed by atoms with van der Waals surface area (Å²) >= 11 is 6.35. The lowest BCUT2D eigenvalue weighted by Crippen LogP contribution is -2.06. The molecular formula is C21H22ClN6O3P. The zero-order valence-electron chi connectivity index (χ0n) is 18.0. The normalized spacial score (nSPS) is 11.3. The van der Waals surface area contributed by atoms with E-state index in [1.165, 1.54) is 0 Å². The van der Waals surface area contributed by atoms with Crippen molar-refractivity contribution in [1.29, 1.82) is 0 Å². The summed E-state index contributed by atoms with van der Waals surface area (Å²) in [5.74, 6) is 2.61. The molecule has 0 saturated heterocycles. The molecule has 11 heteroatoms. The minimum atomic E-state index is 0.242. The maximum absolute atomic E-state index is 6.35. The van der Waals surface area contributed by atoms with Crippen molar-refractivity contribution >= 4 is 37.4 Å². The van der Waals surface area contributed by atoms with Gasteiger partial charge in [-0.1, -0.05) is 23.7 Å². The number of hydrogen-bond donors (Lipinski definition) is 1. The highest BCUT2D eigenvalue weighted by Crippen LogP contribution is 2.38. The van der Waals surface area contributed by atoms with Crippen LogP contribution in [0.15, 0.2) is 36.4 Å². The van der Waals surface area contributed by atoms with Gasteiger partial charge in [0, 0.05) is 6.07 Å². The van der Waals surface area contributed by atoms with Crippen molar-refractivity contribution in [1.82, 2.24) is 24.5 Å². The van der Waals surface area contributed by atoms with Gasteiger partial charge in [-0.05, 0) is 40.5 Å². The molecule has 1 unspecified atom stereocenters.